The minimum atomic E-state index is -1.51. The molecule has 0 aliphatic carbocycles. The number of urea groups is 1. The highest BCUT2D eigenvalue weighted by molar-refractivity contribution is 9.10. The second-order valence-electron chi connectivity index (χ2n) is 3.65. The molecule has 0 aromatic heterocycles. The number of carboxylic acid groups (broad SMARTS) is 1. The molecular formula is C11H12BrFN2O4. The fraction of sp³-hybridized carbons (Fsp3) is 0.273. The minimum Gasteiger partial charge on any atom is -0.479 e. The van der Waals surface area contributed by atoms with Crippen LogP contribution in [0.1, 0.15) is 6.42 Å². The molecule has 0 fully saturated rings. The molecule has 1 unspecified atom stereocenters. The molecule has 1 atom stereocenters. The molecule has 2 amide bonds. The van der Waals surface area contributed by atoms with Crippen LogP contribution in [0, 0.1) is 5.82 Å². The van der Waals surface area contributed by atoms with Crippen molar-refractivity contribution in [2.45, 2.75) is 12.5 Å². The number of carbonyl (C=O) groups excluding carboxylic acids is 1. The number of carbonyl (C=O) groups is 2. The summed E-state index contributed by atoms with van der Waals surface area (Å²) in [5.41, 5.74) is 0.379. The number of carboxylic acids is 1. The third-order valence-corrected chi connectivity index (χ3v) is 2.77. The number of amides is 2. The lowest BCUT2D eigenvalue weighted by molar-refractivity contribution is -0.146. The average Bonchev–Trinajstić information content (AvgIpc) is 2.33. The Labute approximate surface area is 116 Å². The Morgan fingerprint density at radius 3 is 2.68 bits per heavy atom. The van der Waals surface area contributed by atoms with Gasteiger partial charge in [0.2, 0.25) is 0 Å². The normalized spacial score (nSPS) is 11.7. The number of hydrogen-bond acceptors (Lipinski definition) is 3. The average molecular weight is 335 g/mol. The lowest BCUT2D eigenvalue weighted by Gasteiger charge is -2.09. The summed E-state index contributed by atoms with van der Waals surface area (Å²) < 4.78 is 13.2. The van der Waals surface area contributed by atoms with E-state index >= 15 is 0 Å². The zero-order valence-corrected chi connectivity index (χ0v) is 11.3. The minimum absolute atomic E-state index is 0.00165. The van der Waals surface area contributed by atoms with Crippen molar-refractivity contribution >= 4 is 33.6 Å². The molecule has 0 saturated carbocycles. The summed E-state index contributed by atoms with van der Waals surface area (Å²) in [6, 6.07) is 3.39. The second kappa shape index (κ2) is 7.05. The van der Waals surface area contributed by atoms with Crippen molar-refractivity contribution in [3.05, 3.63) is 28.5 Å². The standard InChI is InChI=1S/C11H12BrFN2O4/c12-7-5-6(1-2-8(7)13)15-11(19)14-4-3-9(16)10(17)18/h1-2,5,9,16H,3-4H2,(H,17,18)(H2,14,15,19). The van der Waals surface area contributed by atoms with Crippen LogP contribution in [0.2, 0.25) is 0 Å². The van der Waals surface area contributed by atoms with Gasteiger partial charge in [0.15, 0.2) is 6.10 Å². The highest BCUT2D eigenvalue weighted by atomic mass is 79.9. The van der Waals surface area contributed by atoms with Crippen molar-refractivity contribution in [3.63, 3.8) is 0 Å². The number of rotatable bonds is 5. The highest BCUT2D eigenvalue weighted by Crippen LogP contribution is 2.19. The molecule has 0 bridgehead atoms. The fourth-order valence-corrected chi connectivity index (χ4v) is 1.57. The maximum absolute atomic E-state index is 12.9. The summed E-state index contributed by atoms with van der Waals surface area (Å²) >= 11 is 2.98. The number of hydrogen-bond donors (Lipinski definition) is 4. The molecule has 0 radical (unpaired) electrons. The van der Waals surface area contributed by atoms with E-state index in [-0.39, 0.29) is 17.4 Å². The Balaban J connectivity index is 2.39. The van der Waals surface area contributed by atoms with Gasteiger partial charge < -0.3 is 20.8 Å². The van der Waals surface area contributed by atoms with Crippen LogP contribution in [0.5, 0.6) is 0 Å². The van der Waals surface area contributed by atoms with E-state index in [1.807, 2.05) is 0 Å². The van der Waals surface area contributed by atoms with Crippen molar-refractivity contribution in [2.75, 3.05) is 11.9 Å². The summed E-state index contributed by atoms with van der Waals surface area (Å²) in [5, 5.41) is 22.2. The number of anilines is 1. The highest BCUT2D eigenvalue weighted by Gasteiger charge is 2.12. The third kappa shape index (κ3) is 5.23. The Kier molecular flexibility index (Phi) is 5.71. The summed E-state index contributed by atoms with van der Waals surface area (Å²) in [4.78, 5) is 21.7. The predicted octanol–water partition coefficient (Wildman–Crippen LogP) is 1.55. The fourth-order valence-electron chi connectivity index (χ4n) is 1.20. The van der Waals surface area contributed by atoms with Gasteiger partial charge in [-0.2, -0.15) is 0 Å². The molecule has 0 aliphatic rings. The first-order valence-corrected chi connectivity index (χ1v) is 6.10. The predicted molar refractivity (Wildman–Crippen MR) is 69.4 cm³/mol. The lowest BCUT2D eigenvalue weighted by atomic mass is 10.2. The molecule has 4 N–H and O–H groups in total. The van der Waals surface area contributed by atoms with Gasteiger partial charge in [-0.1, -0.05) is 0 Å². The lowest BCUT2D eigenvalue weighted by Crippen LogP contribution is -2.33. The van der Waals surface area contributed by atoms with Gasteiger partial charge in [-0.3, -0.25) is 0 Å². The van der Waals surface area contributed by atoms with E-state index < -0.39 is 23.9 Å². The monoisotopic (exact) mass is 334 g/mol. The molecule has 8 heteroatoms. The van der Waals surface area contributed by atoms with E-state index in [1.165, 1.54) is 18.2 Å². The summed E-state index contributed by atoms with van der Waals surface area (Å²) in [6.07, 6.45) is -1.61. The SMILES string of the molecule is O=C(NCCC(O)C(=O)O)Nc1ccc(F)c(Br)c1. The Morgan fingerprint density at radius 2 is 2.11 bits per heavy atom. The summed E-state index contributed by atoms with van der Waals surface area (Å²) in [6.45, 7) is 0.00165. The van der Waals surface area contributed by atoms with Gasteiger partial charge in [-0.15, -0.1) is 0 Å². The van der Waals surface area contributed by atoms with Crippen LogP contribution in [0.4, 0.5) is 14.9 Å². The van der Waals surface area contributed by atoms with Crippen molar-refractivity contribution < 1.29 is 24.2 Å². The summed E-state index contributed by atoms with van der Waals surface area (Å²) in [5.74, 6) is -1.79. The van der Waals surface area contributed by atoms with E-state index in [0.29, 0.717) is 5.69 Å². The van der Waals surface area contributed by atoms with Crippen LogP contribution in [-0.4, -0.2) is 34.9 Å². The Morgan fingerprint density at radius 1 is 1.42 bits per heavy atom. The summed E-state index contributed by atoms with van der Waals surface area (Å²) in [7, 11) is 0. The quantitative estimate of drug-likeness (QED) is 0.656. The number of halogens is 2. The molecule has 6 nitrogen and oxygen atoms in total. The molecule has 0 spiro atoms. The van der Waals surface area contributed by atoms with Crippen molar-refractivity contribution in [1.29, 1.82) is 0 Å². The first-order valence-electron chi connectivity index (χ1n) is 5.31. The van der Waals surface area contributed by atoms with E-state index in [2.05, 4.69) is 26.6 Å². The maximum atomic E-state index is 12.9. The molecule has 1 aromatic carbocycles. The van der Waals surface area contributed by atoms with E-state index in [1.54, 1.807) is 0 Å². The molecule has 1 rings (SSSR count). The molecule has 0 saturated heterocycles. The van der Waals surface area contributed by atoms with E-state index in [9.17, 15) is 14.0 Å². The van der Waals surface area contributed by atoms with E-state index in [4.69, 9.17) is 10.2 Å². The number of benzene rings is 1. The number of aliphatic carboxylic acids is 1. The van der Waals surface area contributed by atoms with Crippen LogP contribution < -0.4 is 10.6 Å². The van der Waals surface area contributed by atoms with Crippen molar-refractivity contribution in [1.82, 2.24) is 5.32 Å². The topological polar surface area (TPSA) is 98.7 Å². The Bertz CT molecular complexity index is 484. The number of aliphatic hydroxyl groups is 1. The molecule has 104 valence electrons. The molecule has 19 heavy (non-hydrogen) atoms. The molecule has 0 heterocycles. The smallest absolute Gasteiger partial charge is 0.332 e. The van der Waals surface area contributed by atoms with Crippen molar-refractivity contribution in [3.8, 4) is 0 Å². The molecular weight excluding hydrogens is 323 g/mol. The molecule has 1 aromatic rings. The van der Waals surface area contributed by atoms with Crippen LogP contribution in [0.15, 0.2) is 22.7 Å². The maximum Gasteiger partial charge on any atom is 0.332 e. The van der Waals surface area contributed by atoms with Gasteiger partial charge in [0.1, 0.15) is 5.82 Å². The zero-order chi connectivity index (χ0) is 14.4. The Hall–Kier alpha value is -1.67. The third-order valence-electron chi connectivity index (χ3n) is 2.17. The van der Waals surface area contributed by atoms with Gasteiger partial charge in [-0.05, 0) is 34.1 Å². The van der Waals surface area contributed by atoms with E-state index in [0.717, 1.165) is 0 Å². The van der Waals surface area contributed by atoms with Gasteiger partial charge in [0.05, 0.1) is 4.47 Å². The first-order chi connectivity index (χ1) is 8.90. The van der Waals surface area contributed by atoms with Gasteiger partial charge in [0, 0.05) is 18.7 Å². The van der Waals surface area contributed by atoms with Crippen molar-refractivity contribution in [2.24, 2.45) is 0 Å². The molecule has 0 aliphatic heterocycles. The first kappa shape index (κ1) is 15.4. The number of aliphatic hydroxyl groups excluding tert-OH is 1. The second-order valence-corrected chi connectivity index (χ2v) is 4.51. The number of nitrogens with one attached hydrogen (secondary N) is 2. The van der Waals surface area contributed by atoms with Crippen LogP contribution in [0.3, 0.4) is 0 Å². The largest absolute Gasteiger partial charge is 0.479 e. The van der Waals surface area contributed by atoms with Crippen LogP contribution in [0.25, 0.3) is 0 Å². The van der Waals surface area contributed by atoms with Gasteiger partial charge in [-0.25, -0.2) is 14.0 Å². The van der Waals surface area contributed by atoms with Gasteiger partial charge >= 0.3 is 12.0 Å². The van der Waals surface area contributed by atoms with Crippen LogP contribution >= 0.6 is 15.9 Å². The zero-order valence-electron chi connectivity index (χ0n) is 9.69. The van der Waals surface area contributed by atoms with Gasteiger partial charge in [0.25, 0.3) is 0 Å². The van der Waals surface area contributed by atoms with Crippen LogP contribution in [-0.2, 0) is 4.79 Å².